The van der Waals surface area contributed by atoms with E-state index >= 15 is 0 Å². The number of para-hydroxylation sites is 2. The second-order valence-electron chi connectivity index (χ2n) is 10.7. The monoisotopic (exact) mass is 552 g/mol. The largest absolute Gasteiger partial charge is 0.294 e. The molecular formula is C39H24N2S. The zero-order valence-electron chi connectivity index (χ0n) is 22.7. The van der Waals surface area contributed by atoms with Crippen LogP contribution in [0.3, 0.4) is 0 Å². The molecule has 0 N–H and O–H groups in total. The van der Waals surface area contributed by atoms with Gasteiger partial charge in [0.1, 0.15) is 5.82 Å². The fraction of sp³-hybridized carbons (Fsp3) is 0. The Bertz CT molecular complexity index is 2450. The molecule has 42 heavy (non-hydrogen) atoms. The van der Waals surface area contributed by atoms with Gasteiger partial charge < -0.3 is 0 Å². The van der Waals surface area contributed by atoms with Gasteiger partial charge in [-0.2, -0.15) is 0 Å². The summed E-state index contributed by atoms with van der Waals surface area (Å²) in [5.74, 6) is 0.927. The molecule has 9 rings (SSSR count). The number of hydrogen-bond acceptors (Lipinski definition) is 2. The maximum atomic E-state index is 5.47. The molecule has 0 bridgehead atoms. The smallest absolute Gasteiger partial charge is 0.138 e. The summed E-state index contributed by atoms with van der Waals surface area (Å²) in [4.78, 5) is 5.47. The Morgan fingerprint density at radius 1 is 0.476 bits per heavy atom. The number of nitrogens with zero attached hydrogens (tertiary/aromatic N) is 2. The van der Waals surface area contributed by atoms with Gasteiger partial charge in [0.05, 0.1) is 16.6 Å². The molecule has 3 heterocycles. The summed E-state index contributed by atoms with van der Waals surface area (Å²) in [7, 11) is 0. The SMILES string of the molecule is c1ccc(-c2cc(-n3c4ccccc4c4c5sc6ccccc6c5ccc43)nc3c(-c4ccccc4)cccc23)cc1. The van der Waals surface area contributed by atoms with Crippen molar-refractivity contribution >= 4 is 64.2 Å². The van der Waals surface area contributed by atoms with Crippen LogP contribution in [0.15, 0.2) is 146 Å². The highest BCUT2D eigenvalue weighted by atomic mass is 32.1. The first-order chi connectivity index (χ1) is 20.8. The summed E-state index contributed by atoms with van der Waals surface area (Å²) < 4.78 is 5.01. The quantitative estimate of drug-likeness (QED) is 0.213. The van der Waals surface area contributed by atoms with Crippen LogP contribution in [0.25, 0.3) is 81.0 Å². The van der Waals surface area contributed by atoms with Crippen LogP contribution in [0.1, 0.15) is 0 Å². The molecule has 3 aromatic heterocycles. The van der Waals surface area contributed by atoms with Gasteiger partial charge in [-0.15, -0.1) is 11.3 Å². The van der Waals surface area contributed by atoms with Crippen LogP contribution in [0.2, 0.25) is 0 Å². The third-order valence-corrected chi connectivity index (χ3v) is 9.61. The summed E-state index contributed by atoms with van der Waals surface area (Å²) in [5.41, 5.74) is 8.03. The molecule has 0 saturated carbocycles. The zero-order chi connectivity index (χ0) is 27.6. The molecule has 0 atom stereocenters. The van der Waals surface area contributed by atoms with Crippen molar-refractivity contribution < 1.29 is 0 Å². The van der Waals surface area contributed by atoms with Crippen molar-refractivity contribution in [3.05, 3.63) is 146 Å². The van der Waals surface area contributed by atoms with E-state index in [1.165, 1.54) is 58.7 Å². The van der Waals surface area contributed by atoms with Crippen LogP contribution < -0.4 is 0 Å². The highest BCUT2D eigenvalue weighted by Crippen LogP contribution is 2.44. The molecule has 6 aromatic carbocycles. The summed E-state index contributed by atoms with van der Waals surface area (Å²) in [6, 6.07) is 52.2. The number of pyridine rings is 1. The molecule has 2 nitrogen and oxygen atoms in total. The third kappa shape index (κ3) is 3.41. The topological polar surface area (TPSA) is 17.8 Å². The van der Waals surface area contributed by atoms with E-state index in [-0.39, 0.29) is 0 Å². The first-order valence-electron chi connectivity index (χ1n) is 14.2. The molecular weight excluding hydrogens is 529 g/mol. The molecule has 9 aromatic rings. The molecule has 0 fully saturated rings. The average Bonchev–Trinajstić information content (AvgIpc) is 3.60. The van der Waals surface area contributed by atoms with E-state index in [1.807, 2.05) is 11.3 Å². The summed E-state index contributed by atoms with van der Waals surface area (Å²) >= 11 is 1.88. The molecule has 0 saturated heterocycles. The number of hydrogen-bond donors (Lipinski definition) is 0. The Balaban J connectivity index is 1.43. The molecule has 0 radical (unpaired) electrons. The number of fused-ring (bicyclic) bond motifs is 8. The van der Waals surface area contributed by atoms with Crippen LogP contribution in [0.5, 0.6) is 0 Å². The van der Waals surface area contributed by atoms with E-state index in [0.29, 0.717) is 0 Å². The lowest BCUT2D eigenvalue weighted by molar-refractivity contribution is 1.10. The van der Waals surface area contributed by atoms with Crippen molar-refractivity contribution in [3.63, 3.8) is 0 Å². The van der Waals surface area contributed by atoms with Crippen LogP contribution >= 0.6 is 11.3 Å². The Morgan fingerprint density at radius 3 is 1.95 bits per heavy atom. The van der Waals surface area contributed by atoms with Crippen LogP contribution in [0.4, 0.5) is 0 Å². The van der Waals surface area contributed by atoms with E-state index in [2.05, 4.69) is 150 Å². The fourth-order valence-electron chi connectivity index (χ4n) is 6.54. The summed E-state index contributed by atoms with van der Waals surface area (Å²) in [6.45, 7) is 0. The molecule has 3 heteroatoms. The minimum atomic E-state index is 0.927. The van der Waals surface area contributed by atoms with Gasteiger partial charge in [-0.25, -0.2) is 4.98 Å². The Kier molecular flexibility index (Phi) is 5.10. The van der Waals surface area contributed by atoms with Crippen molar-refractivity contribution in [2.45, 2.75) is 0 Å². The normalized spacial score (nSPS) is 11.8. The number of rotatable bonds is 3. The van der Waals surface area contributed by atoms with Crippen molar-refractivity contribution in [1.82, 2.24) is 9.55 Å². The van der Waals surface area contributed by atoms with Gasteiger partial charge >= 0.3 is 0 Å². The highest BCUT2D eigenvalue weighted by Gasteiger charge is 2.20. The lowest BCUT2D eigenvalue weighted by Gasteiger charge is -2.15. The first kappa shape index (κ1) is 23.5. The van der Waals surface area contributed by atoms with Crippen LogP contribution in [0, 0.1) is 0 Å². The highest BCUT2D eigenvalue weighted by molar-refractivity contribution is 7.26. The average molecular weight is 553 g/mol. The maximum Gasteiger partial charge on any atom is 0.138 e. The van der Waals surface area contributed by atoms with Crippen molar-refractivity contribution in [1.29, 1.82) is 0 Å². The van der Waals surface area contributed by atoms with Gasteiger partial charge in [-0.1, -0.05) is 121 Å². The molecule has 0 spiro atoms. The Hall–Kier alpha value is -5.25. The van der Waals surface area contributed by atoms with Crippen molar-refractivity contribution in [2.24, 2.45) is 0 Å². The molecule has 0 aliphatic heterocycles. The predicted molar refractivity (Wildman–Crippen MR) is 180 cm³/mol. The minimum Gasteiger partial charge on any atom is -0.294 e. The van der Waals surface area contributed by atoms with E-state index in [9.17, 15) is 0 Å². The number of aromatic nitrogens is 2. The van der Waals surface area contributed by atoms with Crippen LogP contribution in [-0.2, 0) is 0 Å². The number of thiophene rings is 1. The van der Waals surface area contributed by atoms with E-state index < -0.39 is 0 Å². The van der Waals surface area contributed by atoms with E-state index in [4.69, 9.17) is 4.98 Å². The van der Waals surface area contributed by atoms with Gasteiger partial charge in [0.25, 0.3) is 0 Å². The minimum absolute atomic E-state index is 0.927. The predicted octanol–water partition coefficient (Wildman–Crippen LogP) is 11.0. The molecule has 0 aliphatic carbocycles. The number of benzene rings is 6. The Morgan fingerprint density at radius 2 is 1.14 bits per heavy atom. The maximum absolute atomic E-state index is 5.47. The second-order valence-corrected chi connectivity index (χ2v) is 11.8. The van der Waals surface area contributed by atoms with E-state index in [0.717, 1.165) is 22.3 Å². The van der Waals surface area contributed by atoms with Gasteiger partial charge in [-0.05, 0) is 41.0 Å². The lowest BCUT2D eigenvalue weighted by Crippen LogP contribution is -2.00. The van der Waals surface area contributed by atoms with Gasteiger partial charge in [-0.3, -0.25) is 4.57 Å². The molecule has 196 valence electrons. The molecule has 0 aliphatic rings. The lowest BCUT2D eigenvalue weighted by atomic mass is 9.96. The fourth-order valence-corrected chi connectivity index (χ4v) is 7.80. The van der Waals surface area contributed by atoms with E-state index in [1.54, 1.807) is 0 Å². The zero-order valence-corrected chi connectivity index (χ0v) is 23.5. The third-order valence-electron chi connectivity index (χ3n) is 8.40. The van der Waals surface area contributed by atoms with Gasteiger partial charge in [0.2, 0.25) is 0 Å². The second kappa shape index (κ2) is 9.13. The molecule has 0 amide bonds. The van der Waals surface area contributed by atoms with Crippen molar-refractivity contribution in [3.8, 4) is 28.1 Å². The standard InChI is InChI=1S/C39H24N2S/c1-3-12-25(13-4-1)27-18-11-19-29-32(26-14-5-2-6-15-26)24-36(40-38(27)29)41-33-20-9-7-17-31(33)37-34(41)23-22-30-28-16-8-10-21-35(28)42-39(30)37/h1-24H. The van der Waals surface area contributed by atoms with Crippen LogP contribution in [-0.4, -0.2) is 9.55 Å². The van der Waals surface area contributed by atoms with Gasteiger partial charge in [0, 0.05) is 41.9 Å². The molecule has 0 unspecified atom stereocenters. The van der Waals surface area contributed by atoms with Gasteiger partial charge in [0.15, 0.2) is 0 Å². The first-order valence-corrected chi connectivity index (χ1v) is 15.1. The summed E-state index contributed by atoms with van der Waals surface area (Å²) in [5, 5.41) is 6.33. The Labute approximate surface area is 246 Å². The summed E-state index contributed by atoms with van der Waals surface area (Å²) in [6.07, 6.45) is 0. The van der Waals surface area contributed by atoms with Crippen molar-refractivity contribution in [2.75, 3.05) is 0 Å².